The number of halogens is 3. The Hall–Kier alpha value is -1.69. The van der Waals surface area contributed by atoms with E-state index >= 15 is 0 Å². The SMILES string of the molecule is O=C(c1ccc(S(=O)(=O)NC2CC2)cc1)N1CCN(CCCOCC(F)(F)F)CC1. The summed E-state index contributed by atoms with van der Waals surface area (Å²) in [5.41, 5.74) is 0.425. The molecule has 1 N–H and O–H groups in total. The second-order valence-electron chi connectivity index (χ2n) is 7.58. The van der Waals surface area contributed by atoms with Crippen molar-refractivity contribution in [1.82, 2.24) is 14.5 Å². The Balaban J connectivity index is 1.41. The van der Waals surface area contributed by atoms with Gasteiger partial charge in [0.25, 0.3) is 5.91 Å². The van der Waals surface area contributed by atoms with Gasteiger partial charge in [0.2, 0.25) is 10.0 Å². The summed E-state index contributed by atoms with van der Waals surface area (Å²) in [5.74, 6) is -0.165. The van der Waals surface area contributed by atoms with E-state index in [4.69, 9.17) is 0 Å². The van der Waals surface area contributed by atoms with Crippen LogP contribution in [0.25, 0.3) is 0 Å². The lowest BCUT2D eigenvalue weighted by Crippen LogP contribution is -2.49. The van der Waals surface area contributed by atoms with Crippen LogP contribution >= 0.6 is 0 Å². The zero-order chi connectivity index (χ0) is 21.8. The quantitative estimate of drug-likeness (QED) is 0.583. The van der Waals surface area contributed by atoms with Crippen molar-refractivity contribution in [2.45, 2.75) is 36.4 Å². The van der Waals surface area contributed by atoms with Gasteiger partial charge in [-0.2, -0.15) is 13.2 Å². The third-order valence-corrected chi connectivity index (χ3v) is 6.54. The van der Waals surface area contributed by atoms with Crippen molar-refractivity contribution in [2.24, 2.45) is 0 Å². The molecule has 1 aliphatic carbocycles. The van der Waals surface area contributed by atoms with Gasteiger partial charge in [0.15, 0.2) is 0 Å². The number of ether oxygens (including phenoxy) is 1. The van der Waals surface area contributed by atoms with Crippen LogP contribution in [0.3, 0.4) is 0 Å². The molecular weight excluding hydrogens is 423 g/mol. The van der Waals surface area contributed by atoms with Crippen LogP contribution in [0.5, 0.6) is 0 Å². The molecule has 30 heavy (non-hydrogen) atoms. The van der Waals surface area contributed by atoms with Gasteiger partial charge in [0.1, 0.15) is 6.61 Å². The molecule has 1 aliphatic heterocycles. The number of nitrogens with zero attached hydrogens (tertiary/aromatic N) is 2. The van der Waals surface area contributed by atoms with Crippen LogP contribution in [0.4, 0.5) is 13.2 Å². The molecular formula is C19H26F3N3O4S. The molecule has 1 aromatic rings. The van der Waals surface area contributed by atoms with Crippen molar-refractivity contribution < 1.29 is 31.1 Å². The van der Waals surface area contributed by atoms with Crippen molar-refractivity contribution in [3.05, 3.63) is 29.8 Å². The highest BCUT2D eigenvalue weighted by atomic mass is 32.2. The standard InChI is InChI=1S/C19H26F3N3O4S/c20-19(21,22)14-29-13-1-8-24-9-11-25(12-10-24)18(26)15-2-6-17(7-3-15)30(27,28)23-16-4-5-16/h2-3,6-7,16,23H,1,4-5,8-14H2. The average Bonchev–Trinajstić information content (AvgIpc) is 3.50. The normalized spacial score (nSPS) is 18.6. The van der Waals surface area contributed by atoms with E-state index in [1.807, 2.05) is 0 Å². The molecule has 2 fully saturated rings. The maximum atomic E-state index is 12.7. The second-order valence-corrected chi connectivity index (χ2v) is 9.29. The number of amides is 1. The van der Waals surface area contributed by atoms with Crippen LogP contribution in [0.2, 0.25) is 0 Å². The number of hydrogen-bond donors (Lipinski definition) is 1. The highest BCUT2D eigenvalue weighted by molar-refractivity contribution is 7.89. The van der Waals surface area contributed by atoms with Gasteiger partial charge in [-0.1, -0.05) is 0 Å². The number of sulfonamides is 1. The first-order valence-corrected chi connectivity index (χ1v) is 11.4. The number of hydrogen-bond acceptors (Lipinski definition) is 5. The summed E-state index contributed by atoms with van der Waals surface area (Å²) in [7, 11) is -3.55. The Morgan fingerprint density at radius 3 is 2.30 bits per heavy atom. The first-order chi connectivity index (χ1) is 14.1. The molecule has 0 unspecified atom stereocenters. The molecule has 11 heteroatoms. The fourth-order valence-corrected chi connectivity index (χ4v) is 4.51. The van der Waals surface area contributed by atoms with E-state index < -0.39 is 22.8 Å². The summed E-state index contributed by atoms with van der Waals surface area (Å²) in [6, 6.07) is 5.94. The Morgan fingerprint density at radius 1 is 1.10 bits per heavy atom. The van der Waals surface area contributed by atoms with E-state index in [-0.39, 0.29) is 23.5 Å². The molecule has 1 aromatic carbocycles. The van der Waals surface area contributed by atoms with Crippen molar-refractivity contribution in [1.29, 1.82) is 0 Å². The first kappa shape index (κ1) is 23.0. The Labute approximate surface area is 174 Å². The van der Waals surface area contributed by atoms with Gasteiger partial charge < -0.3 is 9.64 Å². The summed E-state index contributed by atoms with van der Waals surface area (Å²) in [6.07, 6.45) is -2.11. The van der Waals surface area contributed by atoms with Gasteiger partial charge in [-0.3, -0.25) is 9.69 Å². The van der Waals surface area contributed by atoms with Gasteiger partial charge in [-0.25, -0.2) is 13.1 Å². The molecule has 0 aromatic heterocycles. The van der Waals surface area contributed by atoms with Crippen LogP contribution in [0.1, 0.15) is 29.6 Å². The molecule has 0 radical (unpaired) electrons. The summed E-state index contributed by atoms with van der Waals surface area (Å²) >= 11 is 0. The molecule has 3 rings (SSSR count). The lowest BCUT2D eigenvalue weighted by atomic mass is 10.2. The van der Waals surface area contributed by atoms with E-state index in [0.29, 0.717) is 44.7 Å². The maximum absolute atomic E-state index is 12.7. The number of rotatable bonds is 9. The van der Waals surface area contributed by atoms with E-state index in [2.05, 4.69) is 14.4 Å². The third kappa shape index (κ3) is 6.93. The molecule has 168 valence electrons. The fraction of sp³-hybridized carbons (Fsp3) is 0.632. The topological polar surface area (TPSA) is 79.0 Å². The lowest BCUT2D eigenvalue weighted by molar-refractivity contribution is -0.174. The zero-order valence-electron chi connectivity index (χ0n) is 16.5. The van der Waals surface area contributed by atoms with E-state index in [1.165, 1.54) is 24.3 Å². The van der Waals surface area contributed by atoms with E-state index in [1.54, 1.807) is 4.90 Å². The van der Waals surface area contributed by atoms with Crippen LogP contribution < -0.4 is 4.72 Å². The molecule has 7 nitrogen and oxygen atoms in total. The highest BCUT2D eigenvalue weighted by Crippen LogP contribution is 2.22. The Kier molecular flexibility index (Phi) is 7.38. The molecule has 1 saturated carbocycles. The summed E-state index contributed by atoms with van der Waals surface area (Å²) in [5, 5.41) is 0. The Morgan fingerprint density at radius 2 is 1.73 bits per heavy atom. The molecule has 1 amide bonds. The second kappa shape index (κ2) is 9.63. The summed E-state index contributed by atoms with van der Waals surface area (Å²) < 4.78 is 67.7. The highest BCUT2D eigenvalue weighted by Gasteiger charge is 2.29. The predicted molar refractivity (Wildman–Crippen MR) is 104 cm³/mol. The average molecular weight is 449 g/mol. The van der Waals surface area contributed by atoms with Gasteiger partial charge >= 0.3 is 6.18 Å². The number of carbonyl (C=O) groups excluding carboxylic acids is 1. The van der Waals surface area contributed by atoms with Gasteiger partial charge in [-0.05, 0) is 43.5 Å². The van der Waals surface area contributed by atoms with Crippen LogP contribution in [0, 0.1) is 0 Å². The molecule has 0 atom stereocenters. The molecule has 0 spiro atoms. The number of nitrogens with one attached hydrogen (secondary N) is 1. The first-order valence-electron chi connectivity index (χ1n) is 9.92. The van der Waals surface area contributed by atoms with Gasteiger partial charge in [0, 0.05) is 50.9 Å². The molecule has 0 bridgehead atoms. The van der Waals surface area contributed by atoms with Crippen LogP contribution in [-0.2, 0) is 14.8 Å². The zero-order valence-corrected chi connectivity index (χ0v) is 17.3. The molecule has 1 heterocycles. The minimum atomic E-state index is -4.30. The maximum Gasteiger partial charge on any atom is 0.411 e. The molecule has 1 saturated heterocycles. The molecule has 2 aliphatic rings. The van der Waals surface area contributed by atoms with Gasteiger partial charge in [0.05, 0.1) is 4.90 Å². The van der Waals surface area contributed by atoms with Crippen molar-refractivity contribution in [3.63, 3.8) is 0 Å². The van der Waals surface area contributed by atoms with Gasteiger partial charge in [-0.15, -0.1) is 0 Å². The third-order valence-electron chi connectivity index (χ3n) is 5.00. The number of alkyl halides is 3. The predicted octanol–water partition coefficient (Wildman–Crippen LogP) is 1.85. The van der Waals surface area contributed by atoms with Crippen molar-refractivity contribution >= 4 is 15.9 Å². The summed E-state index contributed by atoms with van der Waals surface area (Å²) in [6.45, 7) is 1.69. The van der Waals surface area contributed by atoms with E-state index in [9.17, 15) is 26.4 Å². The monoisotopic (exact) mass is 449 g/mol. The fourth-order valence-electron chi connectivity index (χ4n) is 3.20. The summed E-state index contributed by atoms with van der Waals surface area (Å²) in [4.78, 5) is 16.6. The van der Waals surface area contributed by atoms with Crippen molar-refractivity contribution in [2.75, 3.05) is 45.9 Å². The number of benzene rings is 1. The minimum Gasteiger partial charge on any atom is -0.372 e. The number of carbonyl (C=O) groups is 1. The van der Waals surface area contributed by atoms with Crippen LogP contribution in [-0.4, -0.2) is 82.3 Å². The number of piperazine rings is 1. The lowest BCUT2D eigenvalue weighted by Gasteiger charge is -2.34. The van der Waals surface area contributed by atoms with E-state index in [0.717, 1.165) is 12.8 Å². The smallest absolute Gasteiger partial charge is 0.372 e. The van der Waals surface area contributed by atoms with Crippen LogP contribution in [0.15, 0.2) is 29.2 Å². The minimum absolute atomic E-state index is 0.0174. The Bertz CT molecular complexity index is 818. The largest absolute Gasteiger partial charge is 0.411 e. The van der Waals surface area contributed by atoms with Crippen molar-refractivity contribution in [3.8, 4) is 0 Å².